The van der Waals surface area contributed by atoms with E-state index in [-0.39, 0.29) is 18.4 Å². The molecular weight excluding hydrogens is 260 g/mol. The predicted molar refractivity (Wildman–Crippen MR) is 78.8 cm³/mol. The molecule has 0 aliphatic carbocycles. The standard InChI is InChI=1S/C14H30N2O4/c1-8-16(13(17)20-14(3,4)5)10-9-15-11(2)12(18-6)19-7/h11-12,15H,8-10H2,1-7H3. The second kappa shape index (κ2) is 9.15. The maximum atomic E-state index is 11.9. The third-order valence-corrected chi connectivity index (χ3v) is 2.75. The van der Waals surface area contributed by atoms with Gasteiger partial charge in [0, 0.05) is 33.9 Å². The monoisotopic (exact) mass is 290 g/mol. The molecule has 0 saturated heterocycles. The van der Waals surface area contributed by atoms with E-state index in [4.69, 9.17) is 14.2 Å². The van der Waals surface area contributed by atoms with Crippen LogP contribution in [0.1, 0.15) is 34.6 Å². The minimum atomic E-state index is -0.470. The van der Waals surface area contributed by atoms with Crippen LogP contribution in [-0.2, 0) is 14.2 Å². The number of ether oxygens (including phenoxy) is 3. The molecule has 0 bridgehead atoms. The van der Waals surface area contributed by atoms with Crippen molar-refractivity contribution in [3.63, 3.8) is 0 Å². The average molecular weight is 290 g/mol. The van der Waals surface area contributed by atoms with E-state index in [0.29, 0.717) is 19.6 Å². The zero-order chi connectivity index (χ0) is 15.8. The van der Waals surface area contributed by atoms with Crippen LogP contribution in [0.2, 0.25) is 0 Å². The van der Waals surface area contributed by atoms with Gasteiger partial charge >= 0.3 is 6.09 Å². The van der Waals surface area contributed by atoms with Gasteiger partial charge in [-0.05, 0) is 34.6 Å². The van der Waals surface area contributed by atoms with Gasteiger partial charge in [0.1, 0.15) is 5.60 Å². The molecule has 0 fully saturated rings. The Hall–Kier alpha value is -0.850. The molecule has 1 N–H and O–H groups in total. The number of methoxy groups -OCH3 is 2. The molecule has 0 heterocycles. The first-order chi connectivity index (χ1) is 9.25. The van der Waals surface area contributed by atoms with E-state index in [1.165, 1.54) is 0 Å². The Morgan fingerprint density at radius 2 is 1.80 bits per heavy atom. The second-order valence-corrected chi connectivity index (χ2v) is 5.64. The zero-order valence-electron chi connectivity index (χ0n) is 13.9. The Morgan fingerprint density at radius 3 is 2.20 bits per heavy atom. The van der Waals surface area contributed by atoms with E-state index < -0.39 is 5.60 Å². The third-order valence-electron chi connectivity index (χ3n) is 2.75. The molecule has 1 atom stereocenters. The van der Waals surface area contributed by atoms with Crippen LogP contribution in [0, 0.1) is 0 Å². The van der Waals surface area contributed by atoms with Crippen LogP contribution >= 0.6 is 0 Å². The molecule has 0 aliphatic heterocycles. The maximum absolute atomic E-state index is 11.9. The summed E-state index contributed by atoms with van der Waals surface area (Å²) in [5.41, 5.74) is -0.470. The Kier molecular flexibility index (Phi) is 8.76. The van der Waals surface area contributed by atoms with Gasteiger partial charge in [-0.3, -0.25) is 0 Å². The van der Waals surface area contributed by atoms with Crippen molar-refractivity contribution in [2.75, 3.05) is 33.9 Å². The van der Waals surface area contributed by atoms with E-state index in [1.807, 2.05) is 34.6 Å². The van der Waals surface area contributed by atoms with Crippen molar-refractivity contribution < 1.29 is 19.0 Å². The van der Waals surface area contributed by atoms with Crippen LogP contribution in [0.4, 0.5) is 4.79 Å². The number of carbonyl (C=O) groups is 1. The molecule has 0 aliphatic rings. The zero-order valence-corrected chi connectivity index (χ0v) is 13.9. The SMILES string of the molecule is CCN(CCNC(C)C(OC)OC)C(=O)OC(C)(C)C. The van der Waals surface area contributed by atoms with Crippen molar-refractivity contribution in [3.8, 4) is 0 Å². The first-order valence-electron chi connectivity index (χ1n) is 7.02. The lowest BCUT2D eigenvalue weighted by Gasteiger charge is -2.28. The van der Waals surface area contributed by atoms with Crippen LogP contribution in [-0.4, -0.2) is 62.8 Å². The molecule has 0 aromatic heterocycles. The molecule has 0 spiro atoms. The maximum Gasteiger partial charge on any atom is 0.410 e. The Balaban J connectivity index is 4.16. The fourth-order valence-electron chi connectivity index (χ4n) is 1.73. The van der Waals surface area contributed by atoms with Crippen LogP contribution in [0.15, 0.2) is 0 Å². The van der Waals surface area contributed by atoms with Crippen molar-refractivity contribution in [1.82, 2.24) is 10.2 Å². The van der Waals surface area contributed by atoms with Gasteiger partial charge in [0.15, 0.2) is 6.29 Å². The first kappa shape index (κ1) is 19.1. The molecule has 0 aromatic rings. The normalized spacial score (nSPS) is 13.4. The minimum absolute atomic E-state index is 0.0438. The summed E-state index contributed by atoms with van der Waals surface area (Å²) in [6.07, 6.45) is -0.587. The Morgan fingerprint density at radius 1 is 1.25 bits per heavy atom. The summed E-state index contributed by atoms with van der Waals surface area (Å²) in [6.45, 7) is 11.3. The van der Waals surface area contributed by atoms with Crippen LogP contribution < -0.4 is 5.32 Å². The van der Waals surface area contributed by atoms with Gasteiger partial charge in [-0.1, -0.05) is 0 Å². The number of likely N-dealkylation sites (N-methyl/N-ethyl adjacent to an activating group) is 1. The second-order valence-electron chi connectivity index (χ2n) is 5.64. The van der Waals surface area contributed by atoms with E-state index in [1.54, 1.807) is 19.1 Å². The third kappa shape index (κ3) is 7.67. The first-order valence-corrected chi connectivity index (χ1v) is 7.02. The quantitative estimate of drug-likeness (QED) is 0.691. The van der Waals surface area contributed by atoms with Gasteiger partial charge < -0.3 is 24.4 Å². The van der Waals surface area contributed by atoms with Gasteiger partial charge in [-0.2, -0.15) is 0 Å². The molecule has 1 unspecified atom stereocenters. The van der Waals surface area contributed by atoms with E-state index >= 15 is 0 Å². The fraction of sp³-hybridized carbons (Fsp3) is 0.929. The highest BCUT2D eigenvalue weighted by Gasteiger charge is 2.21. The van der Waals surface area contributed by atoms with Crippen LogP contribution in [0.25, 0.3) is 0 Å². The molecule has 6 nitrogen and oxygen atoms in total. The molecule has 0 radical (unpaired) electrons. The number of hydrogen-bond donors (Lipinski definition) is 1. The highest BCUT2D eigenvalue weighted by molar-refractivity contribution is 5.68. The molecule has 0 aromatic carbocycles. The van der Waals surface area contributed by atoms with Gasteiger partial charge in [0.2, 0.25) is 0 Å². The number of carbonyl (C=O) groups excluding carboxylic acids is 1. The topological polar surface area (TPSA) is 60.0 Å². The molecule has 6 heteroatoms. The summed E-state index contributed by atoms with van der Waals surface area (Å²) >= 11 is 0. The summed E-state index contributed by atoms with van der Waals surface area (Å²) in [5.74, 6) is 0. The number of nitrogens with one attached hydrogen (secondary N) is 1. The van der Waals surface area contributed by atoms with Gasteiger partial charge in [-0.15, -0.1) is 0 Å². The predicted octanol–water partition coefficient (Wildman–Crippen LogP) is 1.84. The Labute approximate surface area is 122 Å². The highest BCUT2D eigenvalue weighted by Crippen LogP contribution is 2.09. The Bertz CT molecular complexity index is 275. The smallest absolute Gasteiger partial charge is 0.410 e. The van der Waals surface area contributed by atoms with Crippen molar-refractivity contribution in [2.45, 2.75) is 52.6 Å². The number of hydrogen-bond acceptors (Lipinski definition) is 5. The largest absolute Gasteiger partial charge is 0.444 e. The van der Waals surface area contributed by atoms with Gasteiger partial charge in [0.05, 0.1) is 6.04 Å². The number of nitrogens with zero attached hydrogens (tertiary/aromatic N) is 1. The summed E-state index contributed by atoms with van der Waals surface area (Å²) in [4.78, 5) is 13.6. The summed E-state index contributed by atoms with van der Waals surface area (Å²) in [5, 5.41) is 3.27. The molecule has 120 valence electrons. The lowest BCUT2D eigenvalue weighted by molar-refractivity contribution is -0.119. The molecule has 0 saturated carbocycles. The summed E-state index contributed by atoms with van der Waals surface area (Å²) in [6, 6.07) is 0.0438. The van der Waals surface area contributed by atoms with Crippen LogP contribution in [0.5, 0.6) is 0 Å². The highest BCUT2D eigenvalue weighted by atomic mass is 16.7. The van der Waals surface area contributed by atoms with E-state index in [0.717, 1.165) is 0 Å². The minimum Gasteiger partial charge on any atom is -0.444 e. The van der Waals surface area contributed by atoms with Crippen LogP contribution in [0.3, 0.4) is 0 Å². The fourth-order valence-corrected chi connectivity index (χ4v) is 1.73. The summed E-state index contributed by atoms with van der Waals surface area (Å²) in [7, 11) is 3.21. The van der Waals surface area contributed by atoms with Crippen molar-refractivity contribution in [3.05, 3.63) is 0 Å². The molecular formula is C14H30N2O4. The van der Waals surface area contributed by atoms with E-state index in [9.17, 15) is 4.79 Å². The van der Waals surface area contributed by atoms with Gasteiger partial charge in [-0.25, -0.2) is 4.79 Å². The van der Waals surface area contributed by atoms with E-state index in [2.05, 4.69) is 5.32 Å². The lowest BCUT2D eigenvalue weighted by atomic mass is 10.2. The van der Waals surface area contributed by atoms with Crippen molar-refractivity contribution >= 4 is 6.09 Å². The molecule has 20 heavy (non-hydrogen) atoms. The van der Waals surface area contributed by atoms with Crippen molar-refractivity contribution in [1.29, 1.82) is 0 Å². The summed E-state index contributed by atoms with van der Waals surface area (Å²) < 4.78 is 15.7. The number of amides is 1. The number of rotatable bonds is 8. The average Bonchev–Trinajstić information content (AvgIpc) is 2.33. The van der Waals surface area contributed by atoms with Crippen molar-refractivity contribution in [2.24, 2.45) is 0 Å². The molecule has 0 rings (SSSR count). The molecule has 1 amide bonds. The lowest BCUT2D eigenvalue weighted by Crippen LogP contribution is -2.45. The van der Waals surface area contributed by atoms with Gasteiger partial charge in [0.25, 0.3) is 0 Å².